The molecule has 0 spiro atoms. The number of carbonyl (C=O) groups is 3. The number of aliphatic carboxylic acids is 3. The van der Waals surface area contributed by atoms with E-state index in [4.69, 9.17) is 37.2 Å². The van der Waals surface area contributed by atoms with Gasteiger partial charge in [-0.05, 0) is 37.8 Å². The number of carboxylic acids is 3. The van der Waals surface area contributed by atoms with Gasteiger partial charge in [-0.25, -0.2) is 4.79 Å². The molecule has 0 aromatic rings. The highest BCUT2D eigenvalue weighted by Crippen LogP contribution is 2.17. The molecule has 1 heterocycles. The summed E-state index contributed by atoms with van der Waals surface area (Å²) >= 11 is 1.60. The van der Waals surface area contributed by atoms with Gasteiger partial charge in [-0.2, -0.15) is 17.0 Å². The van der Waals surface area contributed by atoms with Crippen molar-refractivity contribution in [2.45, 2.75) is 36.9 Å². The Morgan fingerprint density at radius 2 is 1.77 bits per heavy atom. The van der Waals surface area contributed by atoms with E-state index < -0.39 is 42.1 Å². The first kappa shape index (κ1) is 26.3. The maximum Gasteiger partial charge on any atom is 0.338 e. The van der Waals surface area contributed by atoms with Gasteiger partial charge in [0, 0.05) is 0 Å². The van der Waals surface area contributed by atoms with Crippen molar-refractivity contribution >= 4 is 29.7 Å². The van der Waals surface area contributed by atoms with Crippen LogP contribution in [0.15, 0.2) is 0 Å². The minimum atomic E-state index is -1.29. The van der Waals surface area contributed by atoms with Crippen LogP contribution in [0.5, 0.6) is 0 Å². The number of nitrogens with two attached hydrogens (primary N) is 2. The maximum absolute atomic E-state index is 10.5. The fourth-order valence-electron chi connectivity index (χ4n) is 1.52. The fraction of sp³-hybridized carbons (Fsp3) is 0.714. The van der Waals surface area contributed by atoms with E-state index in [9.17, 15) is 14.4 Å². The Hall–Kier alpha value is -1.91. The van der Waals surface area contributed by atoms with Crippen molar-refractivity contribution in [2.24, 2.45) is 11.5 Å². The number of hydrogen-bond donors (Lipinski definition) is 7. The van der Waals surface area contributed by atoms with Crippen LogP contribution >= 0.6 is 11.8 Å². The number of hydrogen-bond acceptors (Lipinski definition) is 9. The molecule has 0 aromatic carbocycles. The molecule has 9 N–H and O–H groups in total. The third-order valence-electron chi connectivity index (χ3n) is 3.18. The van der Waals surface area contributed by atoms with Crippen molar-refractivity contribution in [1.29, 1.82) is 5.26 Å². The van der Waals surface area contributed by atoms with Crippen molar-refractivity contribution in [3.8, 4) is 6.07 Å². The van der Waals surface area contributed by atoms with Crippen LogP contribution in [0.4, 0.5) is 0 Å². The van der Waals surface area contributed by atoms with Crippen LogP contribution < -0.4 is 16.8 Å². The number of aliphatic hydroxyl groups excluding tert-OH is 1. The minimum absolute atomic E-state index is 0.416. The summed E-state index contributed by atoms with van der Waals surface area (Å²) in [6.07, 6.45) is 3.66. The normalized spacial score (nSPS) is 20.3. The summed E-state index contributed by atoms with van der Waals surface area (Å²) in [6.45, 7) is 0.120. The first-order valence-electron chi connectivity index (χ1n) is 7.54. The number of thioether (sulfide) groups is 1. The summed E-state index contributed by atoms with van der Waals surface area (Å²) in [5.41, 5.74) is 8.66. The number of rotatable bonds is 7. The van der Waals surface area contributed by atoms with Gasteiger partial charge in [-0.15, -0.1) is 0 Å². The standard InChI is InChI=1S/C6H8N2O2.C5H11NO2S.C3H7NO3/c7-4-6(5(9)10)2-1-3-8-6;1-9-3-2-4(6)5(7)8;4-2(1-5)3(6)7/h8H,1-3H2,(H,9,10);4H,2-3,6H2,1H3,(H,7,8);2,5H,1,4H2,(H,6,7)/t6-;4-;2-/m100/s1. The zero-order valence-electron chi connectivity index (χ0n) is 14.4. The molecule has 1 rings (SSSR count). The number of nitrogens with zero attached hydrogens (tertiary/aromatic N) is 1. The molecule has 0 radical (unpaired) electrons. The number of nitriles is 1. The van der Waals surface area contributed by atoms with Crippen molar-refractivity contribution < 1.29 is 34.8 Å². The lowest BCUT2D eigenvalue weighted by molar-refractivity contribution is -0.142. The molecule has 1 aliphatic heterocycles. The molecule has 0 aliphatic carbocycles. The minimum Gasteiger partial charge on any atom is -0.480 e. The summed E-state index contributed by atoms with van der Waals surface area (Å²) in [7, 11) is 0. The number of aliphatic hydroxyl groups is 1. The molecule has 0 unspecified atom stereocenters. The third kappa shape index (κ3) is 10.9. The van der Waals surface area contributed by atoms with Crippen molar-refractivity contribution in [3.63, 3.8) is 0 Å². The van der Waals surface area contributed by atoms with Gasteiger partial charge in [0.15, 0.2) is 0 Å². The molecule has 3 atom stereocenters. The summed E-state index contributed by atoms with van der Waals surface area (Å²) in [6, 6.07) is -0.0417. The molecule has 0 aromatic heterocycles. The van der Waals surface area contributed by atoms with Crippen LogP contribution in [0.3, 0.4) is 0 Å². The number of carboxylic acid groups (broad SMARTS) is 3. The van der Waals surface area contributed by atoms with Gasteiger partial charge in [-0.1, -0.05) is 0 Å². The van der Waals surface area contributed by atoms with Gasteiger partial charge in [0.1, 0.15) is 12.1 Å². The molecule has 11 nitrogen and oxygen atoms in total. The lowest BCUT2D eigenvalue weighted by Crippen LogP contribution is -2.45. The van der Waals surface area contributed by atoms with E-state index in [1.807, 2.05) is 6.26 Å². The quantitative estimate of drug-likeness (QED) is 0.256. The molecule has 1 saturated heterocycles. The maximum atomic E-state index is 10.5. The Morgan fingerprint density at radius 1 is 1.23 bits per heavy atom. The highest BCUT2D eigenvalue weighted by molar-refractivity contribution is 7.98. The summed E-state index contributed by atoms with van der Waals surface area (Å²) in [5.74, 6) is -2.34. The smallest absolute Gasteiger partial charge is 0.338 e. The monoisotopic (exact) mass is 394 g/mol. The molecule has 150 valence electrons. The number of nitrogens with one attached hydrogen (secondary N) is 1. The van der Waals surface area contributed by atoms with E-state index in [1.165, 1.54) is 0 Å². The molecule has 0 amide bonds. The van der Waals surface area contributed by atoms with E-state index in [0.29, 0.717) is 19.4 Å². The SMILES string of the molecule is CSCC[C@H](N)C(=O)O.N#C[C@@]1(C(=O)O)CCCN1.N[C@@H](CO)C(=O)O. The van der Waals surface area contributed by atoms with E-state index in [1.54, 1.807) is 17.8 Å². The summed E-state index contributed by atoms with van der Waals surface area (Å²) < 4.78 is 0. The van der Waals surface area contributed by atoms with E-state index in [2.05, 4.69) is 5.32 Å². The van der Waals surface area contributed by atoms with Gasteiger partial charge >= 0.3 is 17.9 Å². The predicted octanol–water partition coefficient (Wildman–Crippen LogP) is -1.74. The Balaban J connectivity index is 0. The van der Waals surface area contributed by atoms with Crippen molar-refractivity contribution in [1.82, 2.24) is 5.32 Å². The van der Waals surface area contributed by atoms with Crippen LogP contribution in [-0.2, 0) is 14.4 Å². The molecular formula is C14H26N4O7S. The Morgan fingerprint density at radius 3 is 1.96 bits per heavy atom. The van der Waals surface area contributed by atoms with Crippen molar-refractivity contribution in [2.75, 3.05) is 25.2 Å². The molecule has 1 fully saturated rings. The second kappa shape index (κ2) is 14.3. The van der Waals surface area contributed by atoms with Crippen molar-refractivity contribution in [3.05, 3.63) is 0 Å². The van der Waals surface area contributed by atoms with E-state index in [0.717, 1.165) is 12.2 Å². The van der Waals surface area contributed by atoms with Crippen LogP contribution in [0.2, 0.25) is 0 Å². The van der Waals surface area contributed by atoms with Crippen LogP contribution in [-0.4, -0.2) is 81.1 Å². The van der Waals surface area contributed by atoms with Crippen LogP contribution in [0.1, 0.15) is 19.3 Å². The van der Waals surface area contributed by atoms with Gasteiger partial charge < -0.3 is 31.9 Å². The Bertz CT molecular complexity index is 492. The first-order valence-corrected chi connectivity index (χ1v) is 8.93. The largest absolute Gasteiger partial charge is 0.480 e. The van der Waals surface area contributed by atoms with E-state index in [-0.39, 0.29) is 0 Å². The topological polar surface area (TPSA) is 220 Å². The average Bonchev–Trinajstić information content (AvgIpc) is 3.10. The van der Waals surface area contributed by atoms with Crippen LogP contribution in [0.25, 0.3) is 0 Å². The first-order chi connectivity index (χ1) is 12.1. The van der Waals surface area contributed by atoms with Gasteiger partial charge in [0.2, 0.25) is 5.54 Å². The second-order valence-electron chi connectivity index (χ2n) is 5.21. The van der Waals surface area contributed by atoms with Gasteiger partial charge in [0.25, 0.3) is 0 Å². The Labute approximate surface area is 155 Å². The second-order valence-corrected chi connectivity index (χ2v) is 6.19. The van der Waals surface area contributed by atoms with Gasteiger partial charge in [-0.3, -0.25) is 14.9 Å². The highest BCUT2D eigenvalue weighted by Gasteiger charge is 2.41. The Kier molecular flexibility index (Phi) is 14.5. The van der Waals surface area contributed by atoms with Crippen LogP contribution in [0, 0.1) is 11.3 Å². The highest BCUT2D eigenvalue weighted by atomic mass is 32.2. The molecule has 1 aliphatic rings. The zero-order valence-corrected chi connectivity index (χ0v) is 15.2. The third-order valence-corrected chi connectivity index (χ3v) is 3.82. The molecule has 0 saturated carbocycles. The summed E-state index contributed by atoms with van der Waals surface area (Å²) in [4.78, 5) is 30.2. The molecule has 12 heteroatoms. The molecule has 26 heavy (non-hydrogen) atoms. The molecule has 0 bridgehead atoms. The lowest BCUT2D eigenvalue weighted by atomic mass is 10.0. The predicted molar refractivity (Wildman–Crippen MR) is 94.5 cm³/mol. The van der Waals surface area contributed by atoms with Gasteiger partial charge in [0.05, 0.1) is 12.7 Å². The lowest BCUT2D eigenvalue weighted by Gasteiger charge is -2.13. The zero-order chi connectivity index (χ0) is 20.8. The molecular weight excluding hydrogens is 368 g/mol. The average molecular weight is 394 g/mol. The fourth-order valence-corrected chi connectivity index (χ4v) is 2.01. The van der Waals surface area contributed by atoms with E-state index >= 15 is 0 Å². The summed E-state index contributed by atoms with van der Waals surface area (Å²) in [5, 5.41) is 43.9.